The lowest BCUT2D eigenvalue weighted by molar-refractivity contribution is 0.0696. The van der Waals surface area contributed by atoms with E-state index in [0.29, 0.717) is 5.69 Å². The van der Waals surface area contributed by atoms with Gasteiger partial charge in [-0.05, 0) is 18.2 Å². The molecule has 1 aromatic heterocycles. The fourth-order valence-corrected chi connectivity index (χ4v) is 2.45. The number of carboxylic acids is 1. The number of nitrogens with zero attached hydrogens (tertiary/aromatic N) is 2. The molecule has 0 aliphatic rings. The molecule has 18 heavy (non-hydrogen) atoms. The molecule has 2 aromatic rings. The van der Waals surface area contributed by atoms with Crippen LogP contribution in [0.1, 0.15) is 10.4 Å². The van der Waals surface area contributed by atoms with Crippen LogP contribution in [0.2, 0.25) is 0 Å². The molecule has 0 aliphatic carbocycles. The molecule has 1 aromatic carbocycles. The number of aromatic nitrogens is 2. The van der Waals surface area contributed by atoms with Crippen molar-refractivity contribution in [1.82, 2.24) is 9.55 Å². The molecule has 0 fully saturated rings. The van der Waals surface area contributed by atoms with Crippen molar-refractivity contribution in [3.05, 3.63) is 42.5 Å². The van der Waals surface area contributed by atoms with Gasteiger partial charge >= 0.3 is 5.97 Å². The lowest BCUT2D eigenvalue weighted by atomic mass is 10.2. The van der Waals surface area contributed by atoms with E-state index < -0.39 is 15.8 Å². The van der Waals surface area contributed by atoms with Crippen molar-refractivity contribution in [3.63, 3.8) is 0 Å². The monoisotopic (exact) mass is 266 g/mol. The fraction of sp³-hybridized carbons (Fsp3) is 0.0909. The summed E-state index contributed by atoms with van der Waals surface area (Å²) >= 11 is 0. The molecule has 1 N–H and O–H groups in total. The minimum absolute atomic E-state index is 0.0413. The highest BCUT2D eigenvalue weighted by atomic mass is 32.2. The van der Waals surface area contributed by atoms with Gasteiger partial charge in [0.25, 0.3) is 0 Å². The molecule has 0 saturated carbocycles. The van der Waals surface area contributed by atoms with Crippen molar-refractivity contribution in [2.75, 3.05) is 6.26 Å². The van der Waals surface area contributed by atoms with Gasteiger partial charge in [-0.2, -0.15) is 0 Å². The second kappa shape index (κ2) is 4.26. The number of carbonyl (C=O) groups is 1. The predicted octanol–water partition coefficient (Wildman–Crippen LogP) is 0.974. The zero-order chi connectivity index (χ0) is 13.3. The predicted molar refractivity (Wildman–Crippen MR) is 63.6 cm³/mol. The Morgan fingerprint density at radius 2 is 2.11 bits per heavy atom. The highest BCUT2D eigenvalue weighted by molar-refractivity contribution is 7.90. The lowest BCUT2D eigenvalue weighted by Crippen LogP contribution is -2.07. The van der Waals surface area contributed by atoms with Crippen LogP contribution in [0.3, 0.4) is 0 Å². The maximum atomic E-state index is 11.7. The number of sulfone groups is 1. The van der Waals surface area contributed by atoms with E-state index in [-0.39, 0.29) is 10.5 Å². The van der Waals surface area contributed by atoms with Crippen LogP contribution in [0.25, 0.3) is 5.69 Å². The van der Waals surface area contributed by atoms with Crippen molar-refractivity contribution in [2.45, 2.75) is 4.90 Å². The molecule has 0 unspecified atom stereocenters. The smallest absolute Gasteiger partial charge is 0.335 e. The fourth-order valence-electron chi connectivity index (χ4n) is 1.56. The van der Waals surface area contributed by atoms with Gasteiger partial charge < -0.3 is 9.67 Å². The lowest BCUT2D eigenvalue weighted by Gasteiger charge is -2.09. The average molecular weight is 266 g/mol. The summed E-state index contributed by atoms with van der Waals surface area (Å²) in [6.45, 7) is 0. The van der Waals surface area contributed by atoms with E-state index in [2.05, 4.69) is 4.98 Å². The molecule has 0 bridgehead atoms. The van der Waals surface area contributed by atoms with E-state index in [1.165, 1.54) is 29.2 Å². The van der Waals surface area contributed by atoms with Crippen LogP contribution in [-0.4, -0.2) is 35.3 Å². The van der Waals surface area contributed by atoms with E-state index in [0.717, 1.165) is 12.3 Å². The quantitative estimate of drug-likeness (QED) is 0.894. The van der Waals surface area contributed by atoms with Gasteiger partial charge in [0, 0.05) is 18.6 Å². The first-order chi connectivity index (χ1) is 8.39. The molecule has 94 valence electrons. The SMILES string of the molecule is CS(=O)(=O)c1cc(C(=O)O)ccc1-n1ccnc1. The van der Waals surface area contributed by atoms with Crippen molar-refractivity contribution < 1.29 is 18.3 Å². The third-order valence-corrected chi connectivity index (χ3v) is 3.51. The molecule has 7 heteroatoms. The normalized spacial score (nSPS) is 11.4. The Hall–Kier alpha value is -2.15. The highest BCUT2D eigenvalue weighted by Crippen LogP contribution is 2.21. The second-order valence-electron chi connectivity index (χ2n) is 3.73. The van der Waals surface area contributed by atoms with Crippen molar-refractivity contribution in [2.24, 2.45) is 0 Å². The number of hydrogen-bond donors (Lipinski definition) is 1. The number of hydrogen-bond acceptors (Lipinski definition) is 4. The molecular weight excluding hydrogens is 256 g/mol. The van der Waals surface area contributed by atoms with Gasteiger partial charge in [0.05, 0.1) is 22.5 Å². The van der Waals surface area contributed by atoms with Gasteiger partial charge in [-0.25, -0.2) is 18.2 Å². The Balaban J connectivity index is 2.72. The van der Waals surface area contributed by atoms with Gasteiger partial charge in [0.15, 0.2) is 9.84 Å². The van der Waals surface area contributed by atoms with Gasteiger partial charge in [0.2, 0.25) is 0 Å². The van der Waals surface area contributed by atoms with Crippen LogP contribution >= 0.6 is 0 Å². The minimum atomic E-state index is -3.53. The summed E-state index contributed by atoms with van der Waals surface area (Å²) in [6, 6.07) is 3.95. The molecule has 0 radical (unpaired) electrons. The van der Waals surface area contributed by atoms with Crippen molar-refractivity contribution in [1.29, 1.82) is 0 Å². The Labute approximate surface area is 103 Å². The van der Waals surface area contributed by atoms with Crippen LogP contribution in [0.15, 0.2) is 41.8 Å². The van der Waals surface area contributed by atoms with Crippen molar-refractivity contribution in [3.8, 4) is 5.69 Å². The molecule has 6 nitrogen and oxygen atoms in total. The van der Waals surface area contributed by atoms with Gasteiger partial charge in [0.1, 0.15) is 0 Å². The second-order valence-corrected chi connectivity index (χ2v) is 5.71. The molecule has 0 spiro atoms. The number of imidazole rings is 1. The summed E-state index contributed by atoms with van der Waals surface area (Å²) in [6.07, 6.45) is 5.58. The largest absolute Gasteiger partial charge is 0.478 e. The van der Waals surface area contributed by atoms with Crippen LogP contribution in [0.5, 0.6) is 0 Å². The van der Waals surface area contributed by atoms with Crippen LogP contribution < -0.4 is 0 Å². The van der Waals surface area contributed by atoms with E-state index in [4.69, 9.17) is 5.11 Å². The standard InChI is InChI=1S/C11H10N2O4S/c1-18(16,17)10-6-8(11(14)15)2-3-9(10)13-5-4-12-7-13/h2-7H,1H3,(H,14,15). The van der Waals surface area contributed by atoms with E-state index in [1.54, 1.807) is 6.20 Å². The van der Waals surface area contributed by atoms with Gasteiger partial charge in [-0.3, -0.25) is 0 Å². The summed E-state index contributed by atoms with van der Waals surface area (Å²) in [7, 11) is -3.53. The van der Waals surface area contributed by atoms with Crippen LogP contribution in [-0.2, 0) is 9.84 Å². The summed E-state index contributed by atoms with van der Waals surface area (Å²) < 4.78 is 24.9. The average Bonchev–Trinajstić information content (AvgIpc) is 2.80. The topological polar surface area (TPSA) is 89.3 Å². The third-order valence-electron chi connectivity index (χ3n) is 2.39. The van der Waals surface area contributed by atoms with Crippen LogP contribution in [0.4, 0.5) is 0 Å². The maximum Gasteiger partial charge on any atom is 0.335 e. The first-order valence-electron chi connectivity index (χ1n) is 4.95. The molecule has 1 heterocycles. The van der Waals surface area contributed by atoms with Crippen LogP contribution in [0, 0.1) is 0 Å². The molecule has 0 amide bonds. The van der Waals surface area contributed by atoms with E-state index in [9.17, 15) is 13.2 Å². The maximum absolute atomic E-state index is 11.7. The Morgan fingerprint density at radius 1 is 1.39 bits per heavy atom. The minimum Gasteiger partial charge on any atom is -0.478 e. The number of aromatic carboxylic acids is 1. The molecule has 2 rings (SSSR count). The molecule has 0 atom stereocenters. The summed E-state index contributed by atoms with van der Waals surface area (Å²) in [5, 5.41) is 8.88. The van der Waals surface area contributed by atoms with Gasteiger partial charge in [-0.1, -0.05) is 0 Å². The number of carboxylic acid groups (broad SMARTS) is 1. The zero-order valence-corrected chi connectivity index (χ0v) is 10.3. The van der Waals surface area contributed by atoms with E-state index >= 15 is 0 Å². The van der Waals surface area contributed by atoms with Gasteiger partial charge in [-0.15, -0.1) is 0 Å². The number of rotatable bonds is 3. The highest BCUT2D eigenvalue weighted by Gasteiger charge is 2.17. The number of benzene rings is 1. The molecular formula is C11H10N2O4S. The third kappa shape index (κ3) is 2.25. The first-order valence-corrected chi connectivity index (χ1v) is 6.84. The van der Waals surface area contributed by atoms with E-state index in [1.807, 2.05) is 0 Å². The summed E-state index contributed by atoms with van der Waals surface area (Å²) in [5.74, 6) is -1.17. The molecule has 0 saturated heterocycles. The Morgan fingerprint density at radius 3 is 2.61 bits per heavy atom. The zero-order valence-electron chi connectivity index (χ0n) is 9.44. The summed E-state index contributed by atoms with van der Waals surface area (Å²) in [4.78, 5) is 14.7. The first kappa shape index (κ1) is 12.3. The summed E-state index contributed by atoms with van der Waals surface area (Å²) in [5.41, 5.74) is 0.305. The Bertz CT molecular complexity index is 690. The molecule has 0 aliphatic heterocycles. The Kier molecular flexibility index (Phi) is 2.92. The van der Waals surface area contributed by atoms with Crippen molar-refractivity contribution >= 4 is 15.8 Å².